The van der Waals surface area contributed by atoms with E-state index in [1.165, 1.54) is 0 Å². The van der Waals surface area contributed by atoms with Crippen molar-refractivity contribution in [3.05, 3.63) is 77.3 Å². The normalized spacial score (nSPS) is 10.9. The number of aromatic nitrogens is 6. The molecular formula is C25H21N7O3. The lowest BCUT2D eigenvalue weighted by Gasteiger charge is -2.07. The fourth-order valence-electron chi connectivity index (χ4n) is 3.70. The van der Waals surface area contributed by atoms with Crippen LogP contribution in [0.4, 0.5) is 11.9 Å². The number of aromatic amines is 3. The topological polar surface area (TPSA) is 152 Å². The molecule has 10 heteroatoms. The van der Waals surface area contributed by atoms with Crippen LogP contribution in [-0.2, 0) is 4.79 Å². The predicted molar refractivity (Wildman–Crippen MR) is 135 cm³/mol. The van der Waals surface area contributed by atoms with Gasteiger partial charge in [-0.1, -0.05) is 25.1 Å². The fourth-order valence-corrected chi connectivity index (χ4v) is 3.70. The number of para-hydroxylation sites is 2. The van der Waals surface area contributed by atoms with Gasteiger partial charge in [0.1, 0.15) is 5.52 Å². The molecule has 0 fully saturated rings. The number of nitrogens with zero attached hydrogens (tertiary/aromatic N) is 3. The number of carbonyl (C=O) groups is 1. The quantitative estimate of drug-likeness (QED) is 0.255. The van der Waals surface area contributed by atoms with Crippen molar-refractivity contribution in [2.45, 2.75) is 13.3 Å². The maximum atomic E-state index is 12.2. The highest BCUT2D eigenvalue weighted by Crippen LogP contribution is 2.27. The molecular weight excluding hydrogens is 446 g/mol. The number of benzene rings is 2. The van der Waals surface area contributed by atoms with Crippen molar-refractivity contribution in [2.75, 3.05) is 5.32 Å². The number of anilines is 2. The van der Waals surface area contributed by atoms with E-state index >= 15 is 0 Å². The average molecular weight is 467 g/mol. The molecule has 174 valence electrons. The SMILES string of the molecule is CCC(=O)O.O=c1[nH]c2ccc(-c3ccnc(Nc4nc5ccccc5[nH]4)n3)cc2c2cc[nH]c12. The van der Waals surface area contributed by atoms with Gasteiger partial charge in [-0.05, 0) is 36.4 Å². The third kappa shape index (κ3) is 4.44. The smallest absolute Gasteiger partial charge is 0.303 e. The first-order valence-electron chi connectivity index (χ1n) is 10.9. The number of imidazole rings is 1. The number of pyridine rings is 1. The lowest BCUT2D eigenvalue weighted by Crippen LogP contribution is -2.06. The van der Waals surface area contributed by atoms with Crippen LogP contribution in [0.15, 0.2) is 71.8 Å². The molecule has 0 spiro atoms. The third-order valence-electron chi connectivity index (χ3n) is 5.41. The average Bonchev–Trinajstić information content (AvgIpc) is 3.52. The molecule has 0 amide bonds. The number of H-pyrrole nitrogens is 3. The Kier molecular flexibility index (Phi) is 5.68. The summed E-state index contributed by atoms with van der Waals surface area (Å²) < 4.78 is 0. The molecule has 2 aromatic carbocycles. The van der Waals surface area contributed by atoms with Gasteiger partial charge in [0, 0.05) is 40.7 Å². The van der Waals surface area contributed by atoms with E-state index in [1.54, 1.807) is 19.3 Å². The van der Waals surface area contributed by atoms with Crippen molar-refractivity contribution in [3.8, 4) is 11.3 Å². The molecule has 0 bridgehead atoms. The third-order valence-corrected chi connectivity index (χ3v) is 5.41. The number of hydrogen-bond donors (Lipinski definition) is 5. The van der Waals surface area contributed by atoms with E-state index in [0.29, 0.717) is 17.4 Å². The Balaban J connectivity index is 0.000000464. The molecule has 0 atom stereocenters. The van der Waals surface area contributed by atoms with Crippen LogP contribution < -0.4 is 10.9 Å². The lowest BCUT2D eigenvalue weighted by molar-refractivity contribution is -0.136. The van der Waals surface area contributed by atoms with Crippen LogP contribution in [0.2, 0.25) is 0 Å². The number of carboxylic acid groups (broad SMARTS) is 1. The number of nitrogens with one attached hydrogen (secondary N) is 4. The Hall–Kier alpha value is -4.99. The molecule has 0 saturated carbocycles. The van der Waals surface area contributed by atoms with Crippen molar-refractivity contribution in [1.29, 1.82) is 0 Å². The molecule has 0 unspecified atom stereocenters. The van der Waals surface area contributed by atoms with E-state index in [-0.39, 0.29) is 12.0 Å². The predicted octanol–water partition coefficient (Wildman–Crippen LogP) is 4.57. The van der Waals surface area contributed by atoms with E-state index in [9.17, 15) is 9.59 Å². The van der Waals surface area contributed by atoms with Gasteiger partial charge in [-0.3, -0.25) is 14.9 Å². The number of hydrogen-bond acceptors (Lipinski definition) is 6. The Morgan fingerprint density at radius 3 is 2.63 bits per heavy atom. The maximum absolute atomic E-state index is 12.2. The van der Waals surface area contributed by atoms with Gasteiger partial charge >= 0.3 is 5.97 Å². The molecule has 6 rings (SSSR count). The zero-order chi connectivity index (χ0) is 24.4. The van der Waals surface area contributed by atoms with E-state index < -0.39 is 5.97 Å². The summed E-state index contributed by atoms with van der Waals surface area (Å²) in [7, 11) is 0. The zero-order valence-electron chi connectivity index (χ0n) is 18.7. The van der Waals surface area contributed by atoms with Crippen LogP contribution in [0.5, 0.6) is 0 Å². The molecule has 0 saturated heterocycles. The highest BCUT2D eigenvalue weighted by atomic mass is 16.4. The van der Waals surface area contributed by atoms with Crippen molar-refractivity contribution in [1.82, 2.24) is 29.9 Å². The molecule has 0 aliphatic heterocycles. The molecule has 4 aromatic heterocycles. The molecule has 4 heterocycles. The highest BCUT2D eigenvalue weighted by molar-refractivity contribution is 6.05. The van der Waals surface area contributed by atoms with Gasteiger partial charge in [-0.15, -0.1) is 0 Å². The van der Waals surface area contributed by atoms with Crippen LogP contribution in [0.1, 0.15) is 13.3 Å². The van der Waals surface area contributed by atoms with Gasteiger partial charge in [-0.2, -0.15) is 0 Å². The second-order valence-electron chi connectivity index (χ2n) is 7.72. The summed E-state index contributed by atoms with van der Waals surface area (Å²) in [6.45, 7) is 1.60. The van der Waals surface area contributed by atoms with E-state index in [4.69, 9.17) is 5.11 Å². The van der Waals surface area contributed by atoms with Gasteiger partial charge in [-0.25, -0.2) is 15.0 Å². The minimum atomic E-state index is -0.745. The van der Waals surface area contributed by atoms with Gasteiger partial charge in [0.15, 0.2) is 0 Å². The van der Waals surface area contributed by atoms with E-state index in [0.717, 1.165) is 38.6 Å². The molecule has 0 aliphatic carbocycles. The summed E-state index contributed by atoms with van der Waals surface area (Å²) in [4.78, 5) is 44.1. The standard InChI is InChI=1S/C22H15N7O.C3H6O2/c30-20-19-13(7-9-23-19)14-11-12(5-6-16(14)25-20)15-8-10-24-21(26-15)29-22-27-17-3-1-2-4-18(17)28-22;1-2-3(4)5/h1-11,23H,(H,25,30)(H2,24,26,27,28,29);2H2,1H3,(H,4,5). The molecule has 6 aromatic rings. The maximum Gasteiger partial charge on any atom is 0.303 e. The van der Waals surface area contributed by atoms with Crippen LogP contribution in [0, 0.1) is 0 Å². The van der Waals surface area contributed by atoms with E-state index in [2.05, 4.69) is 35.2 Å². The Labute approximate surface area is 198 Å². The molecule has 10 nitrogen and oxygen atoms in total. The van der Waals surface area contributed by atoms with Gasteiger partial charge in [0.2, 0.25) is 11.9 Å². The molecule has 35 heavy (non-hydrogen) atoms. The molecule has 0 aliphatic rings. The summed E-state index contributed by atoms with van der Waals surface area (Å²) in [6, 6.07) is 17.4. The van der Waals surface area contributed by atoms with E-state index in [1.807, 2.05) is 54.6 Å². The molecule has 0 radical (unpaired) electrons. The van der Waals surface area contributed by atoms with Crippen LogP contribution in [0.3, 0.4) is 0 Å². The van der Waals surface area contributed by atoms with Crippen LogP contribution in [0.25, 0.3) is 44.1 Å². The summed E-state index contributed by atoms with van der Waals surface area (Å²) in [5.74, 6) is 0.281. The summed E-state index contributed by atoms with van der Waals surface area (Å²) in [5, 5.41) is 12.7. The number of fused-ring (bicyclic) bond motifs is 4. The second-order valence-corrected chi connectivity index (χ2v) is 7.72. The summed E-state index contributed by atoms with van der Waals surface area (Å²) in [5.41, 5.74) is 4.72. The number of rotatable bonds is 4. The Bertz CT molecular complexity index is 1700. The minimum absolute atomic E-state index is 0.130. The molecule has 5 N–H and O–H groups in total. The first-order valence-corrected chi connectivity index (χ1v) is 10.9. The van der Waals surface area contributed by atoms with Crippen LogP contribution >= 0.6 is 0 Å². The summed E-state index contributed by atoms with van der Waals surface area (Å²) >= 11 is 0. The van der Waals surface area contributed by atoms with Crippen molar-refractivity contribution in [3.63, 3.8) is 0 Å². The first-order chi connectivity index (χ1) is 17.0. The van der Waals surface area contributed by atoms with Crippen molar-refractivity contribution in [2.24, 2.45) is 0 Å². The zero-order valence-corrected chi connectivity index (χ0v) is 18.7. The second kappa shape index (κ2) is 9.10. The largest absolute Gasteiger partial charge is 0.481 e. The fraction of sp³-hybridized carbons (Fsp3) is 0.0800. The first kappa shape index (κ1) is 21.8. The number of aliphatic carboxylic acids is 1. The van der Waals surface area contributed by atoms with Crippen LogP contribution in [-0.4, -0.2) is 41.0 Å². The van der Waals surface area contributed by atoms with Crippen molar-refractivity contribution >= 4 is 50.7 Å². The van der Waals surface area contributed by atoms with Gasteiger partial charge in [0.05, 0.1) is 16.7 Å². The summed E-state index contributed by atoms with van der Waals surface area (Å²) in [6.07, 6.45) is 3.70. The minimum Gasteiger partial charge on any atom is -0.481 e. The van der Waals surface area contributed by atoms with Gasteiger partial charge < -0.3 is 20.1 Å². The number of carboxylic acids is 1. The lowest BCUT2D eigenvalue weighted by atomic mass is 10.1. The monoisotopic (exact) mass is 467 g/mol. The van der Waals surface area contributed by atoms with Crippen molar-refractivity contribution < 1.29 is 9.90 Å². The Morgan fingerprint density at radius 1 is 1.00 bits per heavy atom. The Morgan fingerprint density at radius 2 is 1.83 bits per heavy atom. The highest BCUT2D eigenvalue weighted by Gasteiger charge is 2.10. The van der Waals surface area contributed by atoms with Gasteiger partial charge in [0.25, 0.3) is 5.56 Å².